The normalized spacial score (nSPS) is 28.5. The van der Waals surface area contributed by atoms with Gasteiger partial charge in [0.25, 0.3) is 10.1 Å². The molecule has 3 atom stereocenters. The molecule has 1 amide bonds. The van der Waals surface area contributed by atoms with Crippen molar-refractivity contribution in [1.29, 1.82) is 0 Å². The van der Waals surface area contributed by atoms with Gasteiger partial charge in [0.2, 0.25) is 0 Å². The lowest BCUT2D eigenvalue weighted by Gasteiger charge is -2.32. The quantitative estimate of drug-likeness (QED) is 0.353. The van der Waals surface area contributed by atoms with Gasteiger partial charge in [-0.25, -0.2) is 4.79 Å². The predicted molar refractivity (Wildman–Crippen MR) is 120 cm³/mol. The molecule has 0 spiro atoms. The van der Waals surface area contributed by atoms with E-state index in [1.165, 1.54) is 4.90 Å². The van der Waals surface area contributed by atoms with Gasteiger partial charge in [0.1, 0.15) is 17.8 Å². The Morgan fingerprint density at radius 2 is 1.64 bits per heavy atom. The summed E-state index contributed by atoms with van der Waals surface area (Å²) in [7, 11) is -3.76. The minimum atomic E-state index is -3.76. The fourth-order valence-electron chi connectivity index (χ4n) is 4.25. The van der Waals surface area contributed by atoms with Gasteiger partial charge in [-0.15, -0.1) is 0 Å². The van der Waals surface area contributed by atoms with Gasteiger partial charge in [-0.1, -0.05) is 0 Å². The molecule has 0 unspecified atom stereocenters. The Morgan fingerprint density at radius 1 is 1.00 bits per heavy atom. The Morgan fingerprint density at radius 3 is 2.15 bits per heavy atom. The highest BCUT2D eigenvalue weighted by molar-refractivity contribution is 7.86. The Bertz CT molecular complexity index is 756. The number of amides is 1. The first-order valence-corrected chi connectivity index (χ1v) is 13.4. The van der Waals surface area contributed by atoms with Crippen molar-refractivity contribution in [3.63, 3.8) is 0 Å². The molecule has 1 aliphatic carbocycles. The highest BCUT2D eigenvalue weighted by Crippen LogP contribution is 2.31. The van der Waals surface area contributed by atoms with E-state index in [9.17, 15) is 18.0 Å². The zero-order valence-corrected chi connectivity index (χ0v) is 21.4. The molecule has 0 N–H and O–H groups in total. The molecule has 1 saturated carbocycles. The van der Waals surface area contributed by atoms with Crippen LogP contribution >= 0.6 is 0 Å². The number of nitrogens with zero attached hydrogens (tertiary/aromatic N) is 1. The first-order valence-electron chi connectivity index (χ1n) is 11.6. The van der Waals surface area contributed by atoms with Crippen LogP contribution in [0.2, 0.25) is 0 Å². The highest BCUT2D eigenvalue weighted by Gasteiger charge is 2.48. The third-order valence-corrected chi connectivity index (χ3v) is 6.20. The second-order valence-electron chi connectivity index (χ2n) is 9.52. The summed E-state index contributed by atoms with van der Waals surface area (Å²) < 4.78 is 51.5. The van der Waals surface area contributed by atoms with Crippen LogP contribution in [0.3, 0.4) is 0 Å². The molecule has 10 nitrogen and oxygen atoms in total. The molecular weight excluding hydrogens is 454 g/mol. The van der Waals surface area contributed by atoms with E-state index in [-0.39, 0.29) is 31.1 Å². The van der Waals surface area contributed by atoms with Crippen LogP contribution in [-0.4, -0.2) is 88.0 Å². The Kier molecular flexibility index (Phi) is 9.96. The average molecular weight is 494 g/mol. The first-order chi connectivity index (χ1) is 15.3. The number of esters is 1. The summed E-state index contributed by atoms with van der Waals surface area (Å²) >= 11 is 0. The van der Waals surface area contributed by atoms with Crippen LogP contribution in [0.15, 0.2) is 0 Å². The fraction of sp³-hybridized carbons (Fsp3) is 0.909. The molecule has 2 fully saturated rings. The molecular formula is C22H39NO9S. The summed E-state index contributed by atoms with van der Waals surface area (Å²) in [5.41, 5.74) is -0.717. The maximum atomic E-state index is 12.9. The summed E-state index contributed by atoms with van der Waals surface area (Å²) in [6.45, 7) is 9.71. The van der Waals surface area contributed by atoms with E-state index < -0.39 is 40.1 Å². The van der Waals surface area contributed by atoms with Crippen molar-refractivity contribution >= 4 is 22.2 Å². The van der Waals surface area contributed by atoms with Gasteiger partial charge < -0.3 is 18.9 Å². The van der Waals surface area contributed by atoms with Crippen molar-refractivity contribution in [2.24, 2.45) is 5.92 Å². The highest BCUT2D eigenvalue weighted by atomic mass is 32.2. The SMILES string of the molecule is CCOC(=O)C1CCC(OC[C@@H]2[C@@H](OCC)[C@@H](OS(C)(=O)=O)CN2C(=O)OC(C)(C)C)CC1. The zero-order chi connectivity index (χ0) is 24.8. The number of rotatable bonds is 9. The van der Waals surface area contributed by atoms with Crippen LogP contribution in [0.25, 0.3) is 0 Å². The Hall–Kier alpha value is -1.43. The van der Waals surface area contributed by atoms with Gasteiger partial charge in [-0.3, -0.25) is 13.9 Å². The molecule has 192 valence electrons. The summed E-state index contributed by atoms with van der Waals surface area (Å²) in [5, 5.41) is 0. The van der Waals surface area contributed by atoms with Gasteiger partial charge in [0, 0.05) is 6.61 Å². The van der Waals surface area contributed by atoms with Crippen molar-refractivity contribution in [3.8, 4) is 0 Å². The molecule has 0 aromatic rings. The van der Waals surface area contributed by atoms with E-state index >= 15 is 0 Å². The molecule has 11 heteroatoms. The Labute approximate surface area is 197 Å². The molecule has 0 bridgehead atoms. The van der Waals surface area contributed by atoms with E-state index in [1.54, 1.807) is 34.6 Å². The standard InChI is InChI=1S/C22H39NO9S/c1-7-28-19-17(14-30-16-11-9-15(10-12-16)20(24)29-8-2)23(21(25)31-22(3,4)5)13-18(19)32-33(6,26)27/h15-19H,7-14H2,1-6H3/t15?,16?,17-,18+,19-/m1/s1. The van der Waals surface area contributed by atoms with Crippen molar-refractivity contribution in [3.05, 3.63) is 0 Å². The minimum Gasteiger partial charge on any atom is -0.466 e. The van der Waals surface area contributed by atoms with E-state index in [2.05, 4.69) is 0 Å². The van der Waals surface area contributed by atoms with Crippen LogP contribution in [0, 0.1) is 5.92 Å². The van der Waals surface area contributed by atoms with E-state index in [4.69, 9.17) is 23.1 Å². The minimum absolute atomic E-state index is 0.0102. The second-order valence-corrected chi connectivity index (χ2v) is 11.1. The van der Waals surface area contributed by atoms with Crippen molar-refractivity contribution < 1.29 is 41.1 Å². The lowest BCUT2D eigenvalue weighted by Crippen LogP contribution is -2.46. The molecule has 1 saturated heterocycles. The molecule has 2 rings (SSSR count). The molecule has 0 aromatic heterocycles. The number of carbonyl (C=O) groups is 2. The zero-order valence-electron chi connectivity index (χ0n) is 20.6. The number of hydrogen-bond acceptors (Lipinski definition) is 9. The molecule has 33 heavy (non-hydrogen) atoms. The van der Waals surface area contributed by atoms with Crippen LogP contribution < -0.4 is 0 Å². The monoisotopic (exact) mass is 493 g/mol. The second kappa shape index (κ2) is 11.8. The van der Waals surface area contributed by atoms with Crippen LogP contribution in [-0.2, 0) is 38.0 Å². The molecule has 0 radical (unpaired) electrons. The van der Waals surface area contributed by atoms with Gasteiger partial charge in [0.05, 0.1) is 44.1 Å². The summed E-state index contributed by atoms with van der Waals surface area (Å²) in [6.07, 6.45) is 1.53. The summed E-state index contributed by atoms with van der Waals surface area (Å²) in [4.78, 5) is 26.3. The summed E-state index contributed by atoms with van der Waals surface area (Å²) in [6, 6.07) is -0.575. The maximum absolute atomic E-state index is 12.9. The number of likely N-dealkylation sites (tertiary alicyclic amines) is 1. The molecule has 1 heterocycles. The topological polar surface area (TPSA) is 118 Å². The maximum Gasteiger partial charge on any atom is 0.410 e. The van der Waals surface area contributed by atoms with Crippen LogP contribution in [0.4, 0.5) is 4.79 Å². The fourth-order valence-corrected chi connectivity index (χ4v) is 4.87. The number of hydrogen-bond donors (Lipinski definition) is 0. The largest absolute Gasteiger partial charge is 0.466 e. The van der Waals surface area contributed by atoms with Crippen molar-refractivity contribution in [1.82, 2.24) is 4.90 Å². The van der Waals surface area contributed by atoms with E-state index in [0.717, 1.165) is 6.26 Å². The first kappa shape index (κ1) is 27.8. The number of carbonyl (C=O) groups excluding carboxylic acids is 2. The lowest BCUT2D eigenvalue weighted by molar-refractivity contribution is -0.150. The van der Waals surface area contributed by atoms with E-state index in [0.29, 0.717) is 38.9 Å². The van der Waals surface area contributed by atoms with Crippen LogP contribution in [0.5, 0.6) is 0 Å². The smallest absolute Gasteiger partial charge is 0.410 e. The van der Waals surface area contributed by atoms with Gasteiger partial charge in [0.15, 0.2) is 0 Å². The van der Waals surface area contributed by atoms with Gasteiger partial charge >= 0.3 is 12.1 Å². The molecule has 1 aliphatic heterocycles. The van der Waals surface area contributed by atoms with Gasteiger partial charge in [-0.2, -0.15) is 8.42 Å². The number of ether oxygens (including phenoxy) is 4. The Balaban J connectivity index is 2.09. The van der Waals surface area contributed by atoms with Crippen molar-refractivity contribution in [2.75, 3.05) is 32.6 Å². The van der Waals surface area contributed by atoms with E-state index in [1.807, 2.05) is 0 Å². The third kappa shape index (κ3) is 8.70. The van der Waals surface area contributed by atoms with Crippen molar-refractivity contribution in [2.45, 2.75) is 90.3 Å². The third-order valence-electron chi connectivity index (χ3n) is 5.60. The van der Waals surface area contributed by atoms with Gasteiger partial charge in [-0.05, 0) is 60.3 Å². The van der Waals surface area contributed by atoms with Crippen LogP contribution in [0.1, 0.15) is 60.3 Å². The predicted octanol–water partition coefficient (Wildman–Crippen LogP) is 2.49. The molecule has 0 aromatic carbocycles. The lowest BCUT2D eigenvalue weighted by atomic mass is 9.87. The average Bonchev–Trinajstić information content (AvgIpc) is 3.02. The summed E-state index contributed by atoms with van der Waals surface area (Å²) in [5.74, 6) is -0.279. The molecule has 2 aliphatic rings.